The van der Waals surface area contributed by atoms with Gasteiger partial charge in [0.1, 0.15) is 0 Å². The largest absolute Gasteiger partial charge is 0.311 e. The summed E-state index contributed by atoms with van der Waals surface area (Å²) in [7, 11) is 2.02. The highest BCUT2D eigenvalue weighted by Gasteiger charge is 2.31. The lowest BCUT2D eigenvalue weighted by Gasteiger charge is -2.27. The Morgan fingerprint density at radius 1 is 1.25 bits per heavy atom. The van der Waals surface area contributed by atoms with Crippen molar-refractivity contribution in [3.63, 3.8) is 0 Å². The van der Waals surface area contributed by atoms with E-state index in [2.05, 4.69) is 41.6 Å². The number of para-hydroxylation sites is 1. The molecule has 1 aliphatic carbocycles. The highest BCUT2D eigenvalue weighted by Crippen LogP contribution is 2.40. The summed E-state index contributed by atoms with van der Waals surface area (Å²) in [5.74, 6) is 0. The lowest BCUT2D eigenvalue weighted by atomic mass is 9.83. The van der Waals surface area contributed by atoms with Crippen LogP contribution in [0.4, 0.5) is 0 Å². The number of benzene rings is 1. The van der Waals surface area contributed by atoms with Crippen molar-refractivity contribution in [1.82, 2.24) is 15.1 Å². The van der Waals surface area contributed by atoms with E-state index in [-0.39, 0.29) is 0 Å². The molecule has 0 atom stereocenters. The Balaban J connectivity index is 1.68. The number of aromatic nitrogens is 2. The number of aryl methyl sites for hydroxylation is 1. The molecule has 1 heterocycles. The van der Waals surface area contributed by atoms with Crippen molar-refractivity contribution in [3.8, 4) is 0 Å². The topological polar surface area (TPSA) is 29.9 Å². The van der Waals surface area contributed by atoms with Gasteiger partial charge in [0, 0.05) is 25.5 Å². The predicted octanol–water partition coefficient (Wildman–Crippen LogP) is 3.63. The predicted molar refractivity (Wildman–Crippen MR) is 83.6 cm³/mol. The van der Waals surface area contributed by atoms with E-state index in [4.69, 9.17) is 0 Å². The molecule has 20 heavy (non-hydrogen) atoms. The fourth-order valence-corrected chi connectivity index (χ4v) is 3.65. The molecule has 108 valence electrons. The first-order valence-electron chi connectivity index (χ1n) is 7.85. The van der Waals surface area contributed by atoms with Gasteiger partial charge in [-0.1, -0.05) is 38.0 Å². The first-order valence-corrected chi connectivity index (χ1v) is 7.85. The summed E-state index contributed by atoms with van der Waals surface area (Å²) in [5.41, 5.74) is 2.94. The van der Waals surface area contributed by atoms with Gasteiger partial charge in [-0.2, -0.15) is 5.10 Å². The molecule has 2 aromatic rings. The summed E-state index contributed by atoms with van der Waals surface area (Å²) in [6, 6.07) is 8.48. The van der Waals surface area contributed by atoms with E-state index < -0.39 is 0 Å². The Labute approximate surface area is 121 Å². The van der Waals surface area contributed by atoms with Gasteiger partial charge in [-0.15, -0.1) is 0 Å². The van der Waals surface area contributed by atoms with Crippen molar-refractivity contribution in [2.24, 2.45) is 12.5 Å². The van der Waals surface area contributed by atoms with Crippen LogP contribution in [0.1, 0.15) is 44.7 Å². The Kier molecular flexibility index (Phi) is 3.79. The minimum Gasteiger partial charge on any atom is -0.311 e. The van der Waals surface area contributed by atoms with E-state index >= 15 is 0 Å². The fourth-order valence-electron chi connectivity index (χ4n) is 3.65. The number of nitrogens with one attached hydrogen (secondary N) is 1. The van der Waals surface area contributed by atoms with Crippen LogP contribution in [-0.2, 0) is 13.6 Å². The van der Waals surface area contributed by atoms with Crippen LogP contribution in [0.25, 0.3) is 10.9 Å². The Morgan fingerprint density at radius 2 is 2.00 bits per heavy atom. The summed E-state index contributed by atoms with van der Waals surface area (Å²) in [5, 5.41) is 9.60. The zero-order chi connectivity index (χ0) is 14.0. The highest BCUT2D eigenvalue weighted by molar-refractivity contribution is 5.81. The van der Waals surface area contributed by atoms with Gasteiger partial charge in [-0.25, -0.2) is 0 Å². The number of fused-ring (bicyclic) bond motifs is 1. The van der Waals surface area contributed by atoms with Crippen LogP contribution in [0.3, 0.4) is 0 Å². The van der Waals surface area contributed by atoms with Crippen molar-refractivity contribution in [1.29, 1.82) is 0 Å². The number of hydrogen-bond donors (Lipinski definition) is 1. The van der Waals surface area contributed by atoms with Crippen molar-refractivity contribution < 1.29 is 0 Å². The van der Waals surface area contributed by atoms with E-state index in [0.29, 0.717) is 5.41 Å². The lowest BCUT2D eigenvalue weighted by molar-refractivity contribution is 0.268. The number of hydrogen-bond acceptors (Lipinski definition) is 2. The lowest BCUT2D eigenvalue weighted by Crippen LogP contribution is -2.31. The van der Waals surface area contributed by atoms with Crippen LogP contribution in [-0.4, -0.2) is 16.3 Å². The molecular weight excluding hydrogens is 246 g/mol. The van der Waals surface area contributed by atoms with E-state index in [0.717, 1.165) is 13.1 Å². The monoisotopic (exact) mass is 271 g/mol. The molecule has 1 aromatic carbocycles. The zero-order valence-electron chi connectivity index (χ0n) is 12.7. The van der Waals surface area contributed by atoms with Crippen LogP contribution in [0.2, 0.25) is 0 Å². The summed E-state index contributed by atoms with van der Waals surface area (Å²) < 4.78 is 1.98. The van der Waals surface area contributed by atoms with Gasteiger partial charge in [0.2, 0.25) is 0 Å². The molecule has 1 saturated carbocycles. The molecule has 0 saturated heterocycles. The number of rotatable bonds is 5. The van der Waals surface area contributed by atoms with E-state index in [9.17, 15) is 0 Å². The molecule has 1 aromatic heterocycles. The van der Waals surface area contributed by atoms with Gasteiger partial charge >= 0.3 is 0 Å². The quantitative estimate of drug-likeness (QED) is 0.900. The summed E-state index contributed by atoms with van der Waals surface area (Å²) >= 11 is 0. The molecule has 0 bridgehead atoms. The van der Waals surface area contributed by atoms with E-state index in [1.807, 2.05) is 11.7 Å². The maximum atomic E-state index is 4.66. The van der Waals surface area contributed by atoms with Crippen LogP contribution >= 0.6 is 0 Å². The normalized spacial score (nSPS) is 17.9. The van der Waals surface area contributed by atoms with Crippen LogP contribution in [0.15, 0.2) is 24.3 Å². The second-order valence-electron chi connectivity index (χ2n) is 6.25. The first-order chi connectivity index (χ1) is 9.74. The fraction of sp³-hybridized carbons (Fsp3) is 0.588. The minimum atomic E-state index is 0.546. The van der Waals surface area contributed by atoms with Gasteiger partial charge in [-0.05, 0) is 30.7 Å². The molecule has 3 heteroatoms. The Hall–Kier alpha value is -1.35. The third-order valence-electron chi connectivity index (χ3n) is 5.04. The zero-order valence-corrected chi connectivity index (χ0v) is 12.7. The van der Waals surface area contributed by atoms with Gasteiger partial charge in [0.15, 0.2) is 0 Å². The third kappa shape index (κ3) is 2.47. The van der Waals surface area contributed by atoms with Crippen molar-refractivity contribution in [2.75, 3.05) is 6.54 Å². The van der Waals surface area contributed by atoms with Crippen LogP contribution < -0.4 is 5.32 Å². The second-order valence-corrected chi connectivity index (χ2v) is 6.25. The minimum absolute atomic E-state index is 0.546. The van der Waals surface area contributed by atoms with Gasteiger partial charge in [0.25, 0.3) is 0 Å². The molecule has 1 N–H and O–H groups in total. The maximum absolute atomic E-state index is 4.66. The van der Waals surface area contributed by atoms with Crippen molar-refractivity contribution in [3.05, 3.63) is 30.0 Å². The summed E-state index contributed by atoms with van der Waals surface area (Å²) in [6.45, 7) is 4.35. The van der Waals surface area contributed by atoms with E-state index in [1.165, 1.54) is 48.7 Å². The Morgan fingerprint density at radius 3 is 2.75 bits per heavy atom. The van der Waals surface area contributed by atoms with Crippen LogP contribution in [0, 0.1) is 5.41 Å². The SMILES string of the molecule is CCC1(CNCc2nn(C)c3ccccc23)CCCC1. The maximum Gasteiger partial charge on any atom is 0.0841 e. The molecule has 0 spiro atoms. The summed E-state index contributed by atoms with van der Waals surface area (Å²) in [6.07, 6.45) is 6.88. The molecule has 0 aliphatic heterocycles. The van der Waals surface area contributed by atoms with Gasteiger partial charge < -0.3 is 5.32 Å². The third-order valence-corrected chi connectivity index (χ3v) is 5.04. The standard InChI is InChI=1S/C17H25N3/c1-3-17(10-6-7-11-17)13-18-12-15-14-8-4-5-9-16(14)20(2)19-15/h4-5,8-9,18H,3,6-7,10-13H2,1-2H3. The number of nitrogens with zero attached hydrogens (tertiary/aromatic N) is 2. The molecular formula is C17H25N3. The smallest absolute Gasteiger partial charge is 0.0841 e. The highest BCUT2D eigenvalue weighted by atomic mass is 15.3. The molecule has 3 rings (SSSR count). The van der Waals surface area contributed by atoms with Crippen molar-refractivity contribution in [2.45, 2.75) is 45.6 Å². The second kappa shape index (κ2) is 5.57. The molecule has 0 radical (unpaired) electrons. The van der Waals surface area contributed by atoms with Crippen LogP contribution in [0.5, 0.6) is 0 Å². The first kappa shape index (κ1) is 13.6. The van der Waals surface area contributed by atoms with E-state index in [1.54, 1.807) is 0 Å². The molecule has 0 amide bonds. The Bertz CT molecular complexity index is 579. The molecule has 1 fully saturated rings. The summed E-state index contributed by atoms with van der Waals surface area (Å²) in [4.78, 5) is 0. The molecule has 0 unspecified atom stereocenters. The van der Waals surface area contributed by atoms with Gasteiger partial charge in [0.05, 0.1) is 11.2 Å². The van der Waals surface area contributed by atoms with Crippen molar-refractivity contribution >= 4 is 10.9 Å². The average Bonchev–Trinajstić information content (AvgIpc) is 3.06. The molecule has 3 nitrogen and oxygen atoms in total. The molecule has 1 aliphatic rings. The van der Waals surface area contributed by atoms with Gasteiger partial charge in [-0.3, -0.25) is 4.68 Å². The average molecular weight is 271 g/mol.